The van der Waals surface area contributed by atoms with E-state index in [1.807, 2.05) is 24.3 Å². The average molecular weight is 481 g/mol. The number of hydrogen-bond acceptors (Lipinski definition) is 6. The molecule has 1 aliphatic rings. The third-order valence-corrected chi connectivity index (χ3v) is 6.04. The van der Waals surface area contributed by atoms with Gasteiger partial charge in [0.15, 0.2) is 0 Å². The summed E-state index contributed by atoms with van der Waals surface area (Å²) in [6.07, 6.45) is -0.0384. The van der Waals surface area contributed by atoms with E-state index >= 15 is 0 Å². The van der Waals surface area contributed by atoms with Crippen LogP contribution in [0.1, 0.15) is 25.0 Å². The summed E-state index contributed by atoms with van der Waals surface area (Å²) in [4.78, 5) is 25.2. The summed E-state index contributed by atoms with van der Waals surface area (Å²) in [5, 5.41) is 3.81. The van der Waals surface area contributed by atoms with Crippen LogP contribution in [0.25, 0.3) is 0 Å². The Kier molecular flexibility index (Phi) is 7.54. The molecule has 2 atom stereocenters. The number of likely N-dealkylation sites (N-methyl/N-ethyl adjacent to an activating group) is 1. The van der Waals surface area contributed by atoms with E-state index in [9.17, 15) is 9.59 Å². The van der Waals surface area contributed by atoms with Crippen LogP contribution in [0.15, 0.2) is 36.4 Å². The number of benzene rings is 2. The molecule has 2 aromatic carbocycles. The maximum Gasteiger partial charge on any atom is 0.329 e. The van der Waals surface area contributed by atoms with Crippen molar-refractivity contribution in [2.75, 3.05) is 27.3 Å². The first-order valence-corrected chi connectivity index (χ1v) is 10.9. The topological polar surface area (TPSA) is 68.1 Å². The van der Waals surface area contributed by atoms with Gasteiger partial charge >= 0.3 is 5.97 Å². The third kappa shape index (κ3) is 5.11. The molecule has 7 nitrogen and oxygen atoms in total. The number of carbonyl (C=O) groups is 2. The predicted octanol–water partition coefficient (Wildman–Crippen LogP) is 4.13. The first-order valence-electron chi connectivity index (χ1n) is 10.1. The summed E-state index contributed by atoms with van der Waals surface area (Å²) in [6.45, 7) is 4.42. The SMILES string of the molecule is CCOC(=O)C1(C)CN1N(C)C(=O)Cc1c(Cl)ccc(Cl)c1OCc1ccc(OC)cc1. The van der Waals surface area contributed by atoms with Crippen LogP contribution >= 0.6 is 23.2 Å². The minimum absolute atomic E-state index is 0.0384. The second kappa shape index (κ2) is 9.98. The maximum atomic E-state index is 13.0. The number of nitrogens with zero attached hydrogens (tertiary/aromatic N) is 2. The van der Waals surface area contributed by atoms with Gasteiger partial charge in [0.2, 0.25) is 5.91 Å². The van der Waals surface area contributed by atoms with Crippen molar-refractivity contribution in [2.45, 2.75) is 32.4 Å². The number of hydrogen-bond donors (Lipinski definition) is 0. The van der Waals surface area contributed by atoms with Gasteiger partial charge in [0.1, 0.15) is 23.6 Å². The molecule has 0 saturated carbocycles. The van der Waals surface area contributed by atoms with Crippen molar-refractivity contribution >= 4 is 35.1 Å². The van der Waals surface area contributed by atoms with E-state index in [1.165, 1.54) is 5.01 Å². The van der Waals surface area contributed by atoms with Crippen LogP contribution in [0.4, 0.5) is 0 Å². The van der Waals surface area contributed by atoms with Crippen molar-refractivity contribution in [2.24, 2.45) is 0 Å². The van der Waals surface area contributed by atoms with E-state index in [-0.39, 0.29) is 31.5 Å². The first kappa shape index (κ1) is 24.2. The molecule has 2 unspecified atom stereocenters. The highest BCUT2D eigenvalue weighted by Gasteiger charge is 2.58. The van der Waals surface area contributed by atoms with Gasteiger partial charge < -0.3 is 14.2 Å². The van der Waals surface area contributed by atoms with E-state index in [0.717, 1.165) is 11.3 Å². The normalized spacial score (nSPS) is 19.2. The fourth-order valence-electron chi connectivity index (χ4n) is 3.32. The van der Waals surface area contributed by atoms with Crippen molar-refractivity contribution < 1.29 is 23.8 Å². The van der Waals surface area contributed by atoms with Gasteiger partial charge in [-0.1, -0.05) is 35.3 Å². The van der Waals surface area contributed by atoms with Crippen molar-refractivity contribution in [1.29, 1.82) is 0 Å². The number of carbonyl (C=O) groups excluding carboxylic acids is 2. The summed E-state index contributed by atoms with van der Waals surface area (Å²) >= 11 is 12.8. The Morgan fingerprint density at radius 1 is 1.12 bits per heavy atom. The minimum Gasteiger partial charge on any atom is -0.497 e. The number of halogens is 2. The highest BCUT2D eigenvalue weighted by molar-refractivity contribution is 6.35. The Morgan fingerprint density at radius 2 is 1.78 bits per heavy atom. The molecule has 1 amide bonds. The predicted molar refractivity (Wildman–Crippen MR) is 122 cm³/mol. The summed E-state index contributed by atoms with van der Waals surface area (Å²) < 4.78 is 16.2. The molecule has 1 saturated heterocycles. The van der Waals surface area contributed by atoms with Crippen molar-refractivity contribution in [3.8, 4) is 11.5 Å². The molecule has 0 N–H and O–H groups in total. The Morgan fingerprint density at radius 3 is 2.41 bits per heavy atom. The first-order chi connectivity index (χ1) is 15.2. The van der Waals surface area contributed by atoms with Crippen LogP contribution in [0.5, 0.6) is 11.5 Å². The molecule has 3 rings (SSSR count). The van der Waals surface area contributed by atoms with Gasteiger partial charge in [0, 0.05) is 17.6 Å². The highest BCUT2D eigenvalue weighted by atomic mass is 35.5. The molecular weight excluding hydrogens is 455 g/mol. The monoisotopic (exact) mass is 480 g/mol. The smallest absolute Gasteiger partial charge is 0.329 e. The molecule has 2 aromatic rings. The standard InChI is InChI=1S/C23H26Cl2N2O5/c1-5-31-22(29)23(2)14-27(23)26(3)20(28)12-17-18(24)10-11-19(25)21(17)32-13-15-6-8-16(30-4)9-7-15/h6-11H,5,12-14H2,1-4H3. The fraction of sp³-hybridized carbons (Fsp3) is 0.391. The van der Waals surface area contributed by atoms with Crippen molar-refractivity contribution in [1.82, 2.24) is 10.0 Å². The molecule has 0 aromatic heterocycles. The summed E-state index contributed by atoms with van der Waals surface area (Å²) in [6, 6.07) is 10.7. The Hall–Kier alpha value is -2.48. The molecule has 0 bridgehead atoms. The largest absolute Gasteiger partial charge is 0.497 e. The molecule has 1 aliphatic heterocycles. The lowest BCUT2D eigenvalue weighted by molar-refractivity contribution is -0.151. The summed E-state index contributed by atoms with van der Waals surface area (Å²) in [7, 11) is 3.22. The van der Waals surface area contributed by atoms with Crippen molar-refractivity contribution in [3.63, 3.8) is 0 Å². The number of ether oxygens (including phenoxy) is 3. The third-order valence-electron chi connectivity index (χ3n) is 5.39. The highest BCUT2D eigenvalue weighted by Crippen LogP contribution is 2.37. The van der Waals surface area contributed by atoms with Gasteiger partial charge in [-0.15, -0.1) is 0 Å². The van der Waals surface area contributed by atoms with E-state index in [2.05, 4.69) is 0 Å². The lowest BCUT2D eigenvalue weighted by Gasteiger charge is -2.23. The zero-order chi connectivity index (χ0) is 23.5. The molecule has 32 heavy (non-hydrogen) atoms. The van der Waals surface area contributed by atoms with Crippen LogP contribution in [0.2, 0.25) is 10.0 Å². The lowest BCUT2D eigenvalue weighted by Crippen LogP contribution is -2.40. The zero-order valence-electron chi connectivity index (χ0n) is 18.5. The Labute approximate surface area is 197 Å². The van der Waals surface area contributed by atoms with E-state index < -0.39 is 5.54 Å². The van der Waals surface area contributed by atoms with Crippen molar-refractivity contribution in [3.05, 3.63) is 57.6 Å². The molecule has 0 spiro atoms. The minimum atomic E-state index is -0.841. The lowest BCUT2D eigenvalue weighted by atomic mass is 10.1. The van der Waals surface area contributed by atoms with Gasteiger partial charge in [-0.2, -0.15) is 5.01 Å². The van der Waals surface area contributed by atoms with Gasteiger partial charge in [-0.25, -0.2) is 4.79 Å². The Bertz CT molecular complexity index is 999. The van der Waals surface area contributed by atoms with Gasteiger partial charge in [0.25, 0.3) is 0 Å². The molecule has 1 fully saturated rings. The molecule has 172 valence electrons. The molecular formula is C23H26Cl2N2O5. The van der Waals surface area contributed by atoms with Gasteiger partial charge in [0.05, 0.1) is 31.7 Å². The van der Waals surface area contributed by atoms with Crippen LogP contribution in [0, 0.1) is 0 Å². The molecule has 0 aliphatic carbocycles. The van der Waals surface area contributed by atoms with E-state index in [4.69, 9.17) is 37.4 Å². The maximum absolute atomic E-state index is 13.0. The molecule has 0 radical (unpaired) electrons. The number of methoxy groups -OCH3 is 1. The van der Waals surface area contributed by atoms with Crippen LogP contribution in [0.3, 0.4) is 0 Å². The zero-order valence-corrected chi connectivity index (χ0v) is 20.0. The van der Waals surface area contributed by atoms with E-state index in [0.29, 0.717) is 27.9 Å². The second-order valence-electron chi connectivity index (χ2n) is 7.62. The fourth-order valence-corrected chi connectivity index (χ4v) is 3.77. The Balaban J connectivity index is 1.72. The molecule has 9 heteroatoms. The van der Waals surface area contributed by atoms with Crippen LogP contribution < -0.4 is 9.47 Å². The number of amides is 1. The van der Waals surface area contributed by atoms with Gasteiger partial charge in [-0.05, 0) is 43.7 Å². The quantitative estimate of drug-likeness (QED) is 0.396. The number of esters is 1. The second-order valence-corrected chi connectivity index (χ2v) is 8.43. The number of rotatable bonds is 9. The van der Waals surface area contributed by atoms with E-state index in [1.54, 1.807) is 45.1 Å². The molecule has 1 heterocycles. The van der Waals surface area contributed by atoms with Crippen LogP contribution in [-0.4, -0.2) is 54.7 Å². The average Bonchev–Trinajstić information content (AvgIpc) is 3.48. The summed E-state index contributed by atoms with van der Waals surface area (Å²) in [5.41, 5.74) is 0.557. The van der Waals surface area contributed by atoms with Crippen LogP contribution in [-0.2, 0) is 27.4 Å². The number of hydrazine groups is 1. The summed E-state index contributed by atoms with van der Waals surface area (Å²) in [5.74, 6) is 0.491. The van der Waals surface area contributed by atoms with Gasteiger partial charge in [-0.3, -0.25) is 9.80 Å².